The van der Waals surface area contributed by atoms with Crippen molar-refractivity contribution in [2.45, 2.75) is 18.2 Å². The second kappa shape index (κ2) is 8.73. The van der Waals surface area contributed by atoms with Crippen molar-refractivity contribution in [2.24, 2.45) is 5.10 Å². The first-order chi connectivity index (χ1) is 13.1. The van der Waals surface area contributed by atoms with Gasteiger partial charge in [0.25, 0.3) is 5.91 Å². The second-order valence-electron chi connectivity index (χ2n) is 5.89. The third kappa shape index (κ3) is 4.49. The highest BCUT2D eigenvalue weighted by Crippen LogP contribution is 2.16. The average Bonchev–Trinajstić information content (AvgIpc) is 3.22. The Morgan fingerprint density at radius 1 is 1.11 bits per heavy atom. The van der Waals surface area contributed by atoms with E-state index in [4.69, 9.17) is 4.74 Å². The van der Waals surface area contributed by atoms with Gasteiger partial charge in [0.05, 0.1) is 33.5 Å². The number of carbonyl (C=O) groups excluding carboxylic acids is 2. The number of ether oxygens (including phenoxy) is 1. The quantitative estimate of drug-likeness (QED) is 0.718. The van der Waals surface area contributed by atoms with E-state index in [0.717, 1.165) is 11.3 Å². The van der Waals surface area contributed by atoms with Crippen LogP contribution in [0.4, 0.5) is 0 Å². The Morgan fingerprint density at radius 2 is 1.81 bits per heavy atom. The topological polar surface area (TPSA) is 76.0 Å². The van der Waals surface area contributed by atoms with E-state index in [1.165, 1.54) is 5.01 Å². The van der Waals surface area contributed by atoms with Crippen LogP contribution in [0.1, 0.15) is 29.3 Å². The maximum Gasteiger partial charge on any atom is 0.339 e. The summed E-state index contributed by atoms with van der Waals surface area (Å²) < 4.78 is 17.2. The Kier molecular flexibility index (Phi) is 6.13. The van der Waals surface area contributed by atoms with Gasteiger partial charge >= 0.3 is 5.97 Å². The number of esters is 1. The number of amides is 1. The third-order valence-corrected chi connectivity index (χ3v) is 5.51. The molecule has 2 aromatic carbocycles. The Bertz CT molecular complexity index is 896. The van der Waals surface area contributed by atoms with Crippen molar-refractivity contribution < 1.29 is 18.5 Å². The molecular formula is C20H20N2O4S. The maximum atomic E-state index is 12.3. The van der Waals surface area contributed by atoms with E-state index in [0.29, 0.717) is 23.6 Å². The molecule has 0 fully saturated rings. The fourth-order valence-electron chi connectivity index (χ4n) is 2.74. The number of nitrogens with zero attached hydrogens (tertiary/aromatic N) is 2. The molecule has 0 aromatic heterocycles. The number of hydrogen-bond acceptors (Lipinski definition) is 5. The fourth-order valence-corrected chi connectivity index (χ4v) is 3.68. The van der Waals surface area contributed by atoms with E-state index < -0.39 is 23.4 Å². The van der Waals surface area contributed by atoms with E-state index >= 15 is 0 Å². The van der Waals surface area contributed by atoms with Crippen molar-refractivity contribution in [3.8, 4) is 0 Å². The summed E-state index contributed by atoms with van der Waals surface area (Å²) in [6.07, 6.45) is 0.655. The molecule has 27 heavy (non-hydrogen) atoms. The van der Waals surface area contributed by atoms with Gasteiger partial charge in [-0.2, -0.15) is 5.10 Å². The molecule has 3 rings (SSSR count). The normalized spacial score (nSPS) is 14.6. The molecule has 1 atom stereocenters. The number of benzene rings is 2. The molecular weight excluding hydrogens is 364 g/mol. The average molecular weight is 384 g/mol. The smallest absolute Gasteiger partial charge is 0.339 e. The van der Waals surface area contributed by atoms with Crippen LogP contribution in [-0.2, 0) is 20.3 Å². The molecule has 6 nitrogen and oxygen atoms in total. The standard InChI is InChI=1S/C20H20N2O4S/c1-2-27(25)18-11-7-6-10-16(18)20(24)26-14-19(23)22-13-12-17(21-22)15-8-4-3-5-9-15/h3-11H,2,12-14H2,1H3/t27-/m0/s1. The summed E-state index contributed by atoms with van der Waals surface area (Å²) in [6.45, 7) is 1.83. The molecule has 140 valence electrons. The predicted molar refractivity (Wildman–Crippen MR) is 103 cm³/mol. The van der Waals surface area contributed by atoms with Crippen molar-refractivity contribution >= 4 is 28.4 Å². The summed E-state index contributed by atoms with van der Waals surface area (Å²) in [5, 5.41) is 5.65. The van der Waals surface area contributed by atoms with Crippen LogP contribution in [0.5, 0.6) is 0 Å². The minimum absolute atomic E-state index is 0.223. The van der Waals surface area contributed by atoms with E-state index in [9.17, 15) is 13.8 Å². The molecule has 7 heteroatoms. The van der Waals surface area contributed by atoms with Crippen LogP contribution in [0.25, 0.3) is 0 Å². The summed E-state index contributed by atoms with van der Waals surface area (Å²) in [5.74, 6) is -0.649. The summed E-state index contributed by atoms with van der Waals surface area (Å²) in [7, 11) is -1.28. The lowest BCUT2D eigenvalue weighted by Crippen LogP contribution is -2.29. The van der Waals surface area contributed by atoms with Gasteiger partial charge in [0.15, 0.2) is 6.61 Å². The SMILES string of the molecule is CC[S@](=O)c1ccccc1C(=O)OCC(=O)N1CCC(c2ccccc2)=N1. The number of carbonyl (C=O) groups is 2. The Hall–Kier alpha value is -2.80. The van der Waals surface area contributed by atoms with Crippen LogP contribution < -0.4 is 0 Å². The minimum Gasteiger partial charge on any atom is -0.452 e. The molecule has 0 bridgehead atoms. The van der Waals surface area contributed by atoms with Gasteiger partial charge in [-0.1, -0.05) is 49.4 Å². The van der Waals surface area contributed by atoms with Crippen molar-refractivity contribution in [3.63, 3.8) is 0 Å². The molecule has 0 aliphatic carbocycles. The van der Waals surface area contributed by atoms with Gasteiger partial charge in [0.2, 0.25) is 0 Å². The third-order valence-electron chi connectivity index (χ3n) is 4.14. The van der Waals surface area contributed by atoms with Gasteiger partial charge in [0, 0.05) is 12.2 Å². The highest BCUT2D eigenvalue weighted by atomic mass is 32.2. The molecule has 0 spiro atoms. The van der Waals surface area contributed by atoms with Crippen molar-refractivity contribution in [2.75, 3.05) is 18.9 Å². The summed E-state index contributed by atoms with van der Waals surface area (Å²) in [6, 6.07) is 16.2. The maximum absolute atomic E-state index is 12.3. The Morgan fingerprint density at radius 3 is 2.56 bits per heavy atom. The van der Waals surface area contributed by atoms with Gasteiger partial charge in [-0.3, -0.25) is 9.00 Å². The summed E-state index contributed by atoms with van der Waals surface area (Å²) in [5.41, 5.74) is 2.03. The van der Waals surface area contributed by atoms with Gasteiger partial charge in [-0.25, -0.2) is 9.80 Å². The largest absolute Gasteiger partial charge is 0.452 e. The zero-order valence-corrected chi connectivity index (χ0v) is 15.8. The molecule has 0 unspecified atom stereocenters. The fraction of sp³-hybridized carbons (Fsp3) is 0.250. The molecule has 2 aromatic rings. The van der Waals surface area contributed by atoms with Crippen LogP contribution in [-0.4, -0.2) is 45.7 Å². The van der Waals surface area contributed by atoms with E-state index in [2.05, 4.69) is 5.10 Å². The van der Waals surface area contributed by atoms with Gasteiger partial charge in [-0.15, -0.1) is 0 Å². The lowest BCUT2D eigenvalue weighted by molar-refractivity contribution is -0.134. The number of rotatable bonds is 6. The van der Waals surface area contributed by atoms with Gasteiger partial charge in [0.1, 0.15) is 0 Å². The van der Waals surface area contributed by atoms with Crippen LogP contribution in [0.15, 0.2) is 64.6 Å². The number of hydrazone groups is 1. The molecule has 1 amide bonds. The first-order valence-corrected chi connectivity index (χ1v) is 10.00. The van der Waals surface area contributed by atoms with E-state index in [1.54, 1.807) is 31.2 Å². The van der Waals surface area contributed by atoms with Gasteiger partial charge in [-0.05, 0) is 17.7 Å². The van der Waals surface area contributed by atoms with Crippen LogP contribution >= 0.6 is 0 Å². The van der Waals surface area contributed by atoms with Crippen LogP contribution in [0.2, 0.25) is 0 Å². The molecule has 0 saturated heterocycles. The first kappa shape index (κ1) is 19.0. The van der Waals surface area contributed by atoms with E-state index in [-0.39, 0.29) is 11.5 Å². The van der Waals surface area contributed by atoms with Crippen molar-refractivity contribution in [1.29, 1.82) is 0 Å². The predicted octanol–water partition coefficient (Wildman–Crippen LogP) is 2.61. The first-order valence-electron chi connectivity index (χ1n) is 8.68. The minimum atomic E-state index is -1.28. The van der Waals surface area contributed by atoms with Crippen LogP contribution in [0.3, 0.4) is 0 Å². The number of hydrogen-bond donors (Lipinski definition) is 0. The lowest BCUT2D eigenvalue weighted by atomic mass is 10.1. The van der Waals surface area contributed by atoms with E-state index in [1.807, 2.05) is 30.3 Å². The van der Waals surface area contributed by atoms with Gasteiger partial charge < -0.3 is 4.74 Å². The second-order valence-corrected chi connectivity index (χ2v) is 7.59. The Labute approximate surface area is 160 Å². The highest BCUT2D eigenvalue weighted by Gasteiger charge is 2.23. The monoisotopic (exact) mass is 384 g/mol. The zero-order valence-electron chi connectivity index (χ0n) is 15.0. The molecule has 1 heterocycles. The summed E-state index contributed by atoms with van der Waals surface area (Å²) >= 11 is 0. The van der Waals surface area contributed by atoms with Crippen LogP contribution in [0, 0.1) is 0 Å². The van der Waals surface area contributed by atoms with Crippen molar-refractivity contribution in [1.82, 2.24) is 5.01 Å². The summed E-state index contributed by atoms with van der Waals surface area (Å²) in [4.78, 5) is 25.1. The zero-order chi connectivity index (χ0) is 19.2. The lowest BCUT2D eigenvalue weighted by Gasteiger charge is -2.12. The highest BCUT2D eigenvalue weighted by molar-refractivity contribution is 7.85. The molecule has 0 saturated carbocycles. The molecule has 0 radical (unpaired) electrons. The Balaban J connectivity index is 1.63. The molecule has 1 aliphatic rings. The molecule has 1 aliphatic heterocycles. The molecule has 0 N–H and O–H groups in total. The van der Waals surface area contributed by atoms with Crippen molar-refractivity contribution in [3.05, 3.63) is 65.7 Å².